The topological polar surface area (TPSA) is 53.0 Å². The van der Waals surface area contributed by atoms with Gasteiger partial charge >= 0.3 is 5.97 Å². The first-order valence-electron chi connectivity index (χ1n) is 15.5. The van der Waals surface area contributed by atoms with Crippen LogP contribution in [0.5, 0.6) is 0 Å². The molecule has 2 fully saturated rings. The zero-order chi connectivity index (χ0) is 29.7. The Kier molecular flexibility index (Phi) is 11.0. The van der Waals surface area contributed by atoms with Crippen molar-refractivity contribution in [3.8, 4) is 0 Å². The van der Waals surface area contributed by atoms with E-state index in [1.807, 2.05) is 25.2 Å². The number of carboxylic acid groups (broad SMARTS) is 1. The number of ether oxygens (including phenoxy) is 1. The number of carboxylic acids is 1. The van der Waals surface area contributed by atoms with E-state index in [4.69, 9.17) is 16.3 Å². The average molecular weight is 583 g/mol. The summed E-state index contributed by atoms with van der Waals surface area (Å²) < 4.78 is 5.62. The lowest BCUT2D eigenvalue weighted by atomic mass is 9.77. The Hall–Kier alpha value is -1.92. The standard InChI is InChI=1S/C35H51ClN2O3/c1-24-10-13-28(36)22-31(24)26(17-20-38-21-18-35(3,4)23-38)16-19-37(5)33(34(39)40)30-9-7-8-25(2)32(30)27-11-14-29(41-6)15-12-27/h7-10,13,22,26-27,29,33H,11-12,14-21,23H2,1-6H3,(H,39,40)/t26-,27?,29?,33?/m1/s1. The third kappa shape index (κ3) is 8.13. The van der Waals surface area contributed by atoms with Crippen molar-refractivity contribution in [2.45, 2.75) is 96.6 Å². The summed E-state index contributed by atoms with van der Waals surface area (Å²) in [7, 11) is 3.78. The predicted octanol–water partition coefficient (Wildman–Crippen LogP) is 7.98. The van der Waals surface area contributed by atoms with Crippen molar-refractivity contribution >= 4 is 17.6 Å². The molecule has 0 bridgehead atoms. The summed E-state index contributed by atoms with van der Waals surface area (Å²) in [5, 5.41) is 11.3. The molecule has 2 aromatic rings. The first kappa shape index (κ1) is 32.0. The van der Waals surface area contributed by atoms with Crippen molar-refractivity contribution in [2.24, 2.45) is 5.41 Å². The van der Waals surface area contributed by atoms with Crippen LogP contribution in [0.1, 0.15) is 104 Å². The third-order valence-corrected chi connectivity index (χ3v) is 10.0. The maximum absolute atomic E-state index is 12.9. The molecular weight excluding hydrogens is 532 g/mol. The molecule has 2 aliphatic rings. The van der Waals surface area contributed by atoms with Crippen molar-refractivity contribution in [1.82, 2.24) is 9.80 Å². The fourth-order valence-corrected chi connectivity index (χ4v) is 7.57. The van der Waals surface area contributed by atoms with E-state index in [-0.39, 0.29) is 0 Å². The van der Waals surface area contributed by atoms with E-state index in [2.05, 4.69) is 55.7 Å². The van der Waals surface area contributed by atoms with Gasteiger partial charge in [0, 0.05) is 18.7 Å². The van der Waals surface area contributed by atoms with Gasteiger partial charge in [0.2, 0.25) is 0 Å². The van der Waals surface area contributed by atoms with Crippen LogP contribution in [0.15, 0.2) is 36.4 Å². The highest BCUT2D eigenvalue weighted by molar-refractivity contribution is 6.30. The van der Waals surface area contributed by atoms with Crippen molar-refractivity contribution in [3.05, 3.63) is 69.2 Å². The van der Waals surface area contributed by atoms with Gasteiger partial charge in [-0.3, -0.25) is 9.69 Å². The van der Waals surface area contributed by atoms with Gasteiger partial charge in [0.1, 0.15) is 6.04 Å². The number of halogens is 1. The smallest absolute Gasteiger partial charge is 0.325 e. The van der Waals surface area contributed by atoms with Crippen LogP contribution in [0.3, 0.4) is 0 Å². The molecule has 1 unspecified atom stereocenters. The lowest BCUT2D eigenvalue weighted by Crippen LogP contribution is -2.34. The van der Waals surface area contributed by atoms with Crippen molar-refractivity contribution in [3.63, 3.8) is 0 Å². The Balaban J connectivity index is 1.53. The summed E-state index contributed by atoms with van der Waals surface area (Å²) in [4.78, 5) is 17.5. The fraction of sp³-hybridized carbons (Fsp3) is 0.629. The molecule has 0 amide bonds. The van der Waals surface area contributed by atoms with E-state index in [0.29, 0.717) is 29.9 Å². The van der Waals surface area contributed by atoms with Gasteiger partial charge in [-0.1, -0.05) is 49.7 Å². The van der Waals surface area contributed by atoms with Crippen LogP contribution in [0.4, 0.5) is 0 Å². The number of likely N-dealkylation sites (tertiary alicyclic amines) is 1. The van der Waals surface area contributed by atoms with E-state index in [0.717, 1.165) is 68.7 Å². The minimum absolute atomic E-state index is 0.315. The molecule has 1 aliphatic carbocycles. The lowest BCUT2D eigenvalue weighted by molar-refractivity contribution is -0.143. The Morgan fingerprint density at radius 1 is 1.10 bits per heavy atom. The first-order valence-corrected chi connectivity index (χ1v) is 15.9. The maximum atomic E-state index is 12.9. The summed E-state index contributed by atoms with van der Waals surface area (Å²) in [6.07, 6.45) is 7.61. The molecule has 5 nitrogen and oxygen atoms in total. The van der Waals surface area contributed by atoms with E-state index in [9.17, 15) is 9.90 Å². The quantitative estimate of drug-likeness (QED) is 0.275. The highest BCUT2D eigenvalue weighted by atomic mass is 35.5. The van der Waals surface area contributed by atoms with Gasteiger partial charge in [0.15, 0.2) is 0 Å². The maximum Gasteiger partial charge on any atom is 0.325 e. The molecule has 1 saturated carbocycles. The van der Waals surface area contributed by atoms with Crippen molar-refractivity contribution in [1.29, 1.82) is 0 Å². The normalized spacial score (nSPS) is 22.6. The molecule has 2 atom stereocenters. The second kappa shape index (κ2) is 14.0. The predicted molar refractivity (Wildman–Crippen MR) is 169 cm³/mol. The minimum Gasteiger partial charge on any atom is -0.480 e. The van der Waals surface area contributed by atoms with Crippen molar-refractivity contribution < 1.29 is 14.6 Å². The number of hydrogen-bond donors (Lipinski definition) is 1. The van der Waals surface area contributed by atoms with Crippen LogP contribution >= 0.6 is 11.6 Å². The highest BCUT2D eigenvalue weighted by Crippen LogP contribution is 2.40. The number of carbonyl (C=O) groups is 1. The van der Waals surface area contributed by atoms with Gasteiger partial charge < -0.3 is 14.7 Å². The molecule has 0 spiro atoms. The Morgan fingerprint density at radius 2 is 1.83 bits per heavy atom. The second-order valence-electron chi connectivity index (χ2n) is 13.5. The number of hydrogen-bond acceptors (Lipinski definition) is 4. The number of nitrogens with zero attached hydrogens (tertiary/aromatic N) is 2. The summed E-state index contributed by atoms with van der Waals surface area (Å²) in [6.45, 7) is 13.1. The lowest BCUT2D eigenvalue weighted by Gasteiger charge is -2.34. The molecule has 1 heterocycles. The van der Waals surface area contributed by atoms with Gasteiger partial charge in [-0.25, -0.2) is 0 Å². The Bertz CT molecular complexity index is 1170. The Morgan fingerprint density at radius 3 is 2.46 bits per heavy atom. The molecule has 41 heavy (non-hydrogen) atoms. The second-order valence-corrected chi connectivity index (χ2v) is 13.9. The number of methoxy groups -OCH3 is 1. The molecule has 226 valence electrons. The minimum atomic E-state index is -0.778. The van der Waals surface area contributed by atoms with Gasteiger partial charge in [0.25, 0.3) is 0 Å². The molecule has 1 N–H and O–H groups in total. The van der Waals surface area contributed by atoms with Gasteiger partial charge in [0.05, 0.1) is 6.10 Å². The Labute approximate surface area is 253 Å². The third-order valence-electron chi connectivity index (χ3n) is 9.80. The number of rotatable bonds is 12. The zero-order valence-electron chi connectivity index (χ0n) is 26.1. The van der Waals surface area contributed by atoms with Crippen LogP contribution in [-0.2, 0) is 9.53 Å². The molecule has 1 saturated heterocycles. The average Bonchev–Trinajstić information content (AvgIpc) is 3.28. The van der Waals surface area contributed by atoms with Gasteiger partial charge in [-0.2, -0.15) is 0 Å². The molecule has 0 aromatic heterocycles. The van der Waals surface area contributed by atoms with Crippen LogP contribution in [0.25, 0.3) is 0 Å². The molecular formula is C35H51ClN2O3. The first-order chi connectivity index (χ1) is 19.5. The summed E-state index contributed by atoms with van der Waals surface area (Å²) in [5.74, 6) is -0.0882. The summed E-state index contributed by atoms with van der Waals surface area (Å²) >= 11 is 6.48. The van der Waals surface area contributed by atoms with Crippen LogP contribution in [0, 0.1) is 19.3 Å². The molecule has 0 radical (unpaired) electrons. The van der Waals surface area contributed by atoms with Crippen molar-refractivity contribution in [2.75, 3.05) is 40.3 Å². The van der Waals surface area contributed by atoms with Crippen LogP contribution < -0.4 is 0 Å². The van der Waals surface area contributed by atoms with E-state index >= 15 is 0 Å². The van der Waals surface area contributed by atoms with E-state index in [1.165, 1.54) is 28.7 Å². The SMILES string of the molecule is COC1CCC(c2c(C)cccc2C(C(=O)O)N(C)CC[C@H](CCN2CCC(C)(C)C2)c2cc(Cl)ccc2C)CC1. The van der Waals surface area contributed by atoms with Crippen LogP contribution in [-0.4, -0.2) is 67.3 Å². The van der Waals surface area contributed by atoms with Gasteiger partial charge in [-0.05, 0) is 143 Å². The molecule has 1 aliphatic heterocycles. The number of aryl methyl sites for hydroxylation is 2. The largest absolute Gasteiger partial charge is 0.480 e. The number of benzene rings is 2. The summed E-state index contributed by atoms with van der Waals surface area (Å²) in [5.41, 5.74) is 6.32. The molecule has 2 aromatic carbocycles. The number of aliphatic carboxylic acids is 1. The fourth-order valence-electron chi connectivity index (χ4n) is 7.39. The van der Waals surface area contributed by atoms with Crippen LogP contribution in [0.2, 0.25) is 5.02 Å². The zero-order valence-corrected chi connectivity index (χ0v) is 26.8. The monoisotopic (exact) mass is 582 g/mol. The van der Waals surface area contributed by atoms with E-state index in [1.54, 1.807) is 7.11 Å². The molecule has 6 heteroatoms. The molecule has 4 rings (SSSR count). The van der Waals surface area contributed by atoms with E-state index < -0.39 is 12.0 Å². The summed E-state index contributed by atoms with van der Waals surface area (Å²) in [6, 6.07) is 11.7. The highest BCUT2D eigenvalue weighted by Gasteiger charge is 2.33. The number of likely N-dealkylation sites (N-methyl/N-ethyl adjacent to an activating group) is 1. The van der Waals surface area contributed by atoms with Gasteiger partial charge in [-0.15, -0.1) is 0 Å².